The van der Waals surface area contributed by atoms with Crippen LogP contribution in [0.3, 0.4) is 0 Å². The molecule has 0 unspecified atom stereocenters. The molecular formula is C16H27N5O. The first-order chi connectivity index (χ1) is 10.8. The Morgan fingerprint density at radius 2 is 2.14 bits per heavy atom. The Morgan fingerprint density at radius 3 is 2.91 bits per heavy atom. The lowest BCUT2D eigenvalue weighted by atomic mass is 9.98. The average Bonchev–Trinajstić information content (AvgIpc) is 3.10. The molecule has 0 N–H and O–H groups in total. The smallest absolute Gasteiger partial charge is 0.239 e. The third-order valence-corrected chi connectivity index (χ3v) is 4.93. The molecule has 2 atom stereocenters. The van der Waals surface area contributed by atoms with Crippen LogP contribution in [0.1, 0.15) is 51.5 Å². The molecule has 122 valence electrons. The number of hydrogen-bond donors (Lipinski definition) is 0. The second kappa shape index (κ2) is 7.22. The zero-order valence-electron chi connectivity index (χ0n) is 13.5. The first-order valence-corrected chi connectivity index (χ1v) is 8.66. The lowest BCUT2D eigenvalue weighted by molar-refractivity contribution is -0.140. The van der Waals surface area contributed by atoms with E-state index in [4.69, 9.17) is 0 Å². The summed E-state index contributed by atoms with van der Waals surface area (Å²) in [6.45, 7) is 5.97. The van der Waals surface area contributed by atoms with E-state index in [0.29, 0.717) is 5.91 Å². The van der Waals surface area contributed by atoms with Crippen molar-refractivity contribution >= 4 is 5.91 Å². The Hall–Kier alpha value is -1.43. The molecule has 22 heavy (non-hydrogen) atoms. The topological polar surface area (TPSA) is 54.3 Å². The highest BCUT2D eigenvalue weighted by Gasteiger charge is 2.34. The molecule has 1 aromatic heterocycles. The number of aromatic nitrogens is 3. The molecule has 2 aliphatic rings. The van der Waals surface area contributed by atoms with Gasteiger partial charge in [-0.25, -0.2) is 9.67 Å². The van der Waals surface area contributed by atoms with Crippen molar-refractivity contribution < 1.29 is 4.79 Å². The highest BCUT2D eigenvalue weighted by molar-refractivity contribution is 5.82. The highest BCUT2D eigenvalue weighted by Crippen LogP contribution is 2.24. The Bertz CT molecular complexity index is 473. The van der Waals surface area contributed by atoms with Crippen LogP contribution < -0.4 is 0 Å². The second-order valence-electron chi connectivity index (χ2n) is 6.50. The van der Waals surface area contributed by atoms with E-state index in [9.17, 15) is 4.79 Å². The third-order valence-electron chi connectivity index (χ3n) is 4.93. The summed E-state index contributed by atoms with van der Waals surface area (Å²) in [7, 11) is 0. The number of amides is 1. The van der Waals surface area contributed by atoms with Crippen LogP contribution in [0.2, 0.25) is 0 Å². The molecule has 2 aliphatic heterocycles. The Labute approximate surface area is 132 Å². The minimum atomic E-state index is 0.100. The molecule has 6 heteroatoms. The summed E-state index contributed by atoms with van der Waals surface area (Å²) >= 11 is 0. The van der Waals surface area contributed by atoms with Crippen LogP contribution in [0, 0.1) is 0 Å². The zero-order valence-corrected chi connectivity index (χ0v) is 13.5. The monoisotopic (exact) mass is 305 g/mol. The first-order valence-electron chi connectivity index (χ1n) is 8.66. The van der Waals surface area contributed by atoms with Crippen LogP contribution in [0.5, 0.6) is 0 Å². The molecule has 2 saturated heterocycles. The molecule has 2 fully saturated rings. The summed E-state index contributed by atoms with van der Waals surface area (Å²) in [4.78, 5) is 21.5. The summed E-state index contributed by atoms with van der Waals surface area (Å²) in [5.41, 5.74) is 0. The van der Waals surface area contributed by atoms with Gasteiger partial charge in [0.2, 0.25) is 5.91 Å². The van der Waals surface area contributed by atoms with Crippen molar-refractivity contribution in [1.29, 1.82) is 0 Å². The van der Waals surface area contributed by atoms with Crippen LogP contribution in [-0.4, -0.2) is 62.7 Å². The number of likely N-dealkylation sites (tertiary alicyclic amines) is 2. The largest absolute Gasteiger partial charge is 0.339 e. The van der Waals surface area contributed by atoms with Crippen molar-refractivity contribution in [1.82, 2.24) is 24.6 Å². The summed E-state index contributed by atoms with van der Waals surface area (Å²) in [5.74, 6) is 0.331. The number of piperidine rings is 2. The van der Waals surface area contributed by atoms with Crippen LogP contribution in [0.25, 0.3) is 0 Å². The maximum Gasteiger partial charge on any atom is 0.239 e. The quantitative estimate of drug-likeness (QED) is 0.850. The van der Waals surface area contributed by atoms with Crippen molar-refractivity contribution in [3.8, 4) is 0 Å². The predicted octanol–water partition coefficient (Wildman–Crippen LogP) is 1.71. The fraction of sp³-hybridized carbons (Fsp3) is 0.812. The van der Waals surface area contributed by atoms with Crippen LogP contribution in [0.15, 0.2) is 12.7 Å². The maximum absolute atomic E-state index is 13.0. The molecule has 0 aliphatic carbocycles. The second-order valence-corrected chi connectivity index (χ2v) is 6.50. The van der Waals surface area contributed by atoms with Crippen molar-refractivity contribution in [3.05, 3.63) is 12.7 Å². The van der Waals surface area contributed by atoms with E-state index in [1.165, 1.54) is 12.8 Å². The summed E-state index contributed by atoms with van der Waals surface area (Å²) in [6, 6.07) is 0.381. The number of carbonyl (C=O) groups is 1. The number of nitrogens with zero attached hydrogens (tertiary/aromatic N) is 5. The normalized spacial score (nSPS) is 27.0. The lowest BCUT2D eigenvalue weighted by Crippen LogP contribution is -2.53. The highest BCUT2D eigenvalue weighted by atomic mass is 16.2. The minimum absolute atomic E-state index is 0.100. The zero-order chi connectivity index (χ0) is 15.4. The molecule has 0 radical (unpaired) electrons. The predicted molar refractivity (Wildman–Crippen MR) is 84.4 cm³/mol. The molecule has 0 saturated carbocycles. The van der Waals surface area contributed by atoms with Gasteiger partial charge in [-0.3, -0.25) is 9.69 Å². The number of carbonyl (C=O) groups excluding carboxylic acids is 1. The van der Waals surface area contributed by atoms with Crippen molar-refractivity contribution in [2.45, 2.75) is 57.5 Å². The van der Waals surface area contributed by atoms with E-state index in [1.807, 2.05) is 4.68 Å². The van der Waals surface area contributed by atoms with Gasteiger partial charge in [-0.15, -0.1) is 0 Å². The fourth-order valence-corrected chi connectivity index (χ4v) is 3.81. The van der Waals surface area contributed by atoms with Crippen molar-refractivity contribution in [2.24, 2.45) is 0 Å². The molecule has 0 bridgehead atoms. The van der Waals surface area contributed by atoms with E-state index < -0.39 is 0 Å². The van der Waals surface area contributed by atoms with Crippen LogP contribution in [0.4, 0.5) is 0 Å². The maximum atomic E-state index is 13.0. The lowest BCUT2D eigenvalue weighted by Gasteiger charge is -2.40. The summed E-state index contributed by atoms with van der Waals surface area (Å²) in [5, 5.41) is 4.25. The van der Waals surface area contributed by atoms with E-state index in [1.54, 1.807) is 12.7 Å². The van der Waals surface area contributed by atoms with Gasteiger partial charge >= 0.3 is 0 Å². The molecule has 1 aromatic rings. The first kappa shape index (κ1) is 15.5. The fourth-order valence-electron chi connectivity index (χ4n) is 3.81. The number of hydrogen-bond acceptors (Lipinski definition) is 4. The van der Waals surface area contributed by atoms with Gasteiger partial charge in [-0.1, -0.05) is 13.3 Å². The Morgan fingerprint density at radius 1 is 1.23 bits per heavy atom. The van der Waals surface area contributed by atoms with Gasteiger partial charge in [-0.2, -0.15) is 5.10 Å². The molecule has 0 aromatic carbocycles. The van der Waals surface area contributed by atoms with Gasteiger partial charge in [0.25, 0.3) is 0 Å². The SMILES string of the molecule is CCCN1CCCC[C@@H]1C(=O)N1CCC[C@H](n2cncn2)C1. The van der Waals surface area contributed by atoms with Crippen molar-refractivity contribution in [2.75, 3.05) is 26.2 Å². The van der Waals surface area contributed by atoms with Gasteiger partial charge in [0.05, 0.1) is 12.1 Å². The Balaban J connectivity index is 1.65. The van der Waals surface area contributed by atoms with E-state index in [-0.39, 0.29) is 12.1 Å². The molecular weight excluding hydrogens is 278 g/mol. The summed E-state index contributed by atoms with van der Waals surface area (Å²) in [6.07, 6.45) is 10.0. The molecule has 3 heterocycles. The van der Waals surface area contributed by atoms with Gasteiger partial charge in [-0.05, 0) is 45.2 Å². The molecule has 0 spiro atoms. The third kappa shape index (κ3) is 3.32. The standard InChI is InChI=1S/C16H27N5O/c1-2-8-19-9-4-3-7-15(19)16(22)20-10-5-6-14(11-20)21-13-17-12-18-21/h12-15H,2-11H2,1H3/t14-,15+/m0/s1. The van der Waals surface area contributed by atoms with E-state index >= 15 is 0 Å². The molecule has 3 rings (SSSR count). The molecule has 6 nitrogen and oxygen atoms in total. The van der Waals surface area contributed by atoms with Gasteiger partial charge in [0, 0.05) is 13.1 Å². The molecule has 1 amide bonds. The van der Waals surface area contributed by atoms with Gasteiger partial charge < -0.3 is 4.90 Å². The number of rotatable bonds is 4. The summed E-state index contributed by atoms with van der Waals surface area (Å²) < 4.78 is 1.91. The van der Waals surface area contributed by atoms with Gasteiger partial charge in [0.15, 0.2) is 0 Å². The van der Waals surface area contributed by atoms with E-state index in [0.717, 1.165) is 51.9 Å². The average molecular weight is 305 g/mol. The van der Waals surface area contributed by atoms with Crippen LogP contribution >= 0.6 is 0 Å². The van der Waals surface area contributed by atoms with Crippen LogP contribution in [-0.2, 0) is 4.79 Å². The Kier molecular flexibility index (Phi) is 5.08. The minimum Gasteiger partial charge on any atom is -0.339 e. The van der Waals surface area contributed by atoms with Crippen molar-refractivity contribution in [3.63, 3.8) is 0 Å². The van der Waals surface area contributed by atoms with Gasteiger partial charge in [0.1, 0.15) is 12.7 Å². The van der Waals surface area contributed by atoms with E-state index in [2.05, 4.69) is 26.8 Å².